The van der Waals surface area contributed by atoms with Gasteiger partial charge >= 0.3 is 0 Å². The monoisotopic (exact) mass is 460 g/mol. The van der Waals surface area contributed by atoms with E-state index in [0.717, 1.165) is 47.6 Å². The molecule has 1 fully saturated rings. The number of nitrogens with two attached hydrogens (primary N) is 1. The van der Waals surface area contributed by atoms with Gasteiger partial charge in [-0.3, -0.25) is 4.79 Å². The number of piperazine rings is 1. The summed E-state index contributed by atoms with van der Waals surface area (Å²) in [5, 5.41) is 0. The number of aromatic nitrogens is 3. The van der Waals surface area contributed by atoms with Crippen LogP contribution in [0.1, 0.15) is 43.9 Å². The number of ether oxygens (including phenoxy) is 1. The van der Waals surface area contributed by atoms with Crippen molar-refractivity contribution in [2.24, 2.45) is 0 Å². The van der Waals surface area contributed by atoms with Gasteiger partial charge < -0.3 is 20.3 Å². The summed E-state index contributed by atoms with van der Waals surface area (Å²) < 4.78 is 6.03. The molecule has 0 radical (unpaired) electrons. The van der Waals surface area contributed by atoms with Crippen LogP contribution in [0.15, 0.2) is 36.4 Å². The molecule has 0 spiro atoms. The molecule has 34 heavy (non-hydrogen) atoms. The molecule has 1 aromatic carbocycles. The zero-order valence-corrected chi connectivity index (χ0v) is 19.7. The molecule has 5 rings (SSSR count). The van der Waals surface area contributed by atoms with Crippen LogP contribution in [0.4, 0.5) is 11.8 Å². The maximum absolute atomic E-state index is 13.2. The Morgan fingerprint density at radius 2 is 1.88 bits per heavy atom. The average molecular weight is 461 g/mol. The van der Waals surface area contributed by atoms with Crippen molar-refractivity contribution in [3.63, 3.8) is 0 Å². The molecule has 3 aromatic rings. The topological polar surface area (TPSA) is 97.5 Å². The number of hydrogen-bond acceptors (Lipinski definition) is 7. The van der Waals surface area contributed by atoms with E-state index < -0.39 is 6.10 Å². The van der Waals surface area contributed by atoms with Crippen molar-refractivity contribution in [3.05, 3.63) is 47.7 Å². The SMILES string of the molecule is CCCCCc1ccc2nc(N)nc(N3CCN(C(=O)C4CCc5ccccc5O4)CC3)c2n1. The highest BCUT2D eigenvalue weighted by Crippen LogP contribution is 2.29. The van der Waals surface area contributed by atoms with Crippen LogP contribution in [0, 0.1) is 0 Å². The quantitative estimate of drug-likeness (QED) is 0.563. The molecule has 2 aromatic heterocycles. The summed E-state index contributed by atoms with van der Waals surface area (Å²) in [4.78, 5) is 31.1. The molecule has 0 aliphatic carbocycles. The largest absolute Gasteiger partial charge is 0.480 e. The standard InChI is InChI=1S/C26H32N6O2/c1-2-3-4-8-19-11-12-20-23(28-19)24(30-26(27)29-20)31-14-16-32(17-15-31)25(33)22-13-10-18-7-5-6-9-21(18)34-22/h5-7,9,11-12,22H,2-4,8,10,13-17H2,1H3,(H2,27,29,30). The van der Waals surface area contributed by atoms with Crippen LogP contribution < -0.4 is 15.4 Å². The number of amides is 1. The first kappa shape index (κ1) is 22.4. The normalized spacial score (nSPS) is 18.0. The van der Waals surface area contributed by atoms with E-state index in [-0.39, 0.29) is 11.9 Å². The minimum atomic E-state index is -0.413. The van der Waals surface area contributed by atoms with E-state index in [1.807, 2.05) is 35.2 Å². The fraction of sp³-hybridized carbons (Fsp3) is 0.462. The number of carbonyl (C=O) groups excluding carboxylic acids is 1. The summed E-state index contributed by atoms with van der Waals surface area (Å²) in [5.41, 5.74) is 9.80. The van der Waals surface area contributed by atoms with Gasteiger partial charge in [-0.15, -0.1) is 0 Å². The third-order valence-corrected chi connectivity index (χ3v) is 6.72. The zero-order valence-electron chi connectivity index (χ0n) is 19.7. The molecule has 1 unspecified atom stereocenters. The van der Waals surface area contributed by atoms with Gasteiger partial charge in [-0.1, -0.05) is 38.0 Å². The van der Waals surface area contributed by atoms with Crippen LogP contribution in [0.5, 0.6) is 5.75 Å². The molecule has 8 heteroatoms. The molecule has 0 bridgehead atoms. The van der Waals surface area contributed by atoms with E-state index in [0.29, 0.717) is 32.6 Å². The number of rotatable bonds is 6. The van der Waals surface area contributed by atoms with Gasteiger partial charge in [-0.2, -0.15) is 4.98 Å². The Kier molecular flexibility index (Phi) is 6.47. The van der Waals surface area contributed by atoms with Gasteiger partial charge in [0, 0.05) is 31.9 Å². The Morgan fingerprint density at radius 1 is 1.06 bits per heavy atom. The second-order valence-electron chi connectivity index (χ2n) is 9.10. The van der Waals surface area contributed by atoms with E-state index in [2.05, 4.69) is 27.9 Å². The number of pyridine rings is 1. The number of para-hydroxylation sites is 1. The number of anilines is 2. The minimum Gasteiger partial charge on any atom is -0.480 e. The van der Waals surface area contributed by atoms with Gasteiger partial charge in [0.1, 0.15) is 11.3 Å². The third-order valence-electron chi connectivity index (χ3n) is 6.72. The van der Waals surface area contributed by atoms with Crippen LogP contribution in [0.2, 0.25) is 0 Å². The van der Waals surface area contributed by atoms with Crippen LogP contribution in [-0.2, 0) is 17.6 Å². The molecule has 4 heterocycles. The molecule has 1 saturated heterocycles. The molecule has 178 valence electrons. The van der Waals surface area contributed by atoms with Crippen molar-refractivity contribution in [3.8, 4) is 5.75 Å². The van der Waals surface area contributed by atoms with E-state index in [9.17, 15) is 4.79 Å². The molecule has 2 aliphatic heterocycles. The predicted octanol–water partition coefficient (Wildman–Crippen LogP) is 3.38. The minimum absolute atomic E-state index is 0.0672. The molecular formula is C26H32N6O2. The highest BCUT2D eigenvalue weighted by Gasteiger charge is 2.32. The van der Waals surface area contributed by atoms with Crippen molar-refractivity contribution in [2.45, 2.75) is 51.6 Å². The second-order valence-corrected chi connectivity index (χ2v) is 9.10. The maximum atomic E-state index is 13.2. The van der Waals surface area contributed by atoms with Crippen LogP contribution in [-0.4, -0.2) is 58.0 Å². The van der Waals surface area contributed by atoms with Crippen molar-refractivity contribution in [2.75, 3.05) is 36.8 Å². The first-order chi connectivity index (χ1) is 16.6. The van der Waals surface area contributed by atoms with Gasteiger partial charge in [0.15, 0.2) is 11.9 Å². The Labute approximate surface area is 200 Å². The Hall–Kier alpha value is -3.42. The summed E-state index contributed by atoms with van der Waals surface area (Å²) in [5.74, 6) is 1.90. The van der Waals surface area contributed by atoms with Gasteiger partial charge in [-0.05, 0) is 49.4 Å². The number of nitrogen functional groups attached to an aromatic ring is 1. The number of hydrogen-bond donors (Lipinski definition) is 1. The average Bonchev–Trinajstić information content (AvgIpc) is 2.88. The summed E-state index contributed by atoms with van der Waals surface area (Å²) in [6.45, 7) is 4.76. The smallest absolute Gasteiger partial charge is 0.263 e. The Morgan fingerprint density at radius 3 is 2.71 bits per heavy atom. The number of aryl methyl sites for hydroxylation is 2. The summed E-state index contributed by atoms with van der Waals surface area (Å²) >= 11 is 0. The molecule has 1 amide bonds. The lowest BCUT2D eigenvalue weighted by molar-refractivity contribution is -0.139. The van der Waals surface area contributed by atoms with Gasteiger partial charge in [0.05, 0.1) is 5.52 Å². The lowest BCUT2D eigenvalue weighted by atomic mass is 10.0. The fourth-order valence-corrected chi connectivity index (χ4v) is 4.81. The highest BCUT2D eigenvalue weighted by atomic mass is 16.5. The van der Waals surface area contributed by atoms with Gasteiger partial charge in [0.25, 0.3) is 5.91 Å². The third kappa shape index (κ3) is 4.62. The lowest BCUT2D eigenvalue weighted by Crippen LogP contribution is -2.53. The highest BCUT2D eigenvalue weighted by molar-refractivity contribution is 5.87. The Bertz CT molecular complexity index is 1180. The first-order valence-electron chi connectivity index (χ1n) is 12.3. The van der Waals surface area contributed by atoms with Crippen molar-refractivity contribution < 1.29 is 9.53 Å². The van der Waals surface area contributed by atoms with Gasteiger partial charge in [0.2, 0.25) is 5.95 Å². The summed E-state index contributed by atoms with van der Waals surface area (Å²) in [7, 11) is 0. The number of fused-ring (bicyclic) bond motifs is 2. The number of carbonyl (C=O) groups is 1. The zero-order chi connectivity index (χ0) is 23.5. The number of unbranched alkanes of at least 4 members (excludes halogenated alkanes) is 2. The van der Waals surface area contributed by atoms with Crippen molar-refractivity contribution in [1.29, 1.82) is 0 Å². The van der Waals surface area contributed by atoms with Gasteiger partial charge in [-0.25, -0.2) is 9.97 Å². The lowest BCUT2D eigenvalue weighted by Gasteiger charge is -2.37. The molecule has 2 N–H and O–H groups in total. The van der Waals surface area contributed by atoms with Crippen molar-refractivity contribution in [1.82, 2.24) is 19.9 Å². The molecular weight excluding hydrogens is 428 g/mol. The summed E-state index contributed by atoms with van der Waals surface area (Å²) in [6, 6.07) is 12.0. The maximum Gasteiger partial charge on any atom is 0.263 e. The number of nitrogens with zero attached hydrogens (tertiary/aromatic N) is 5. The first-order valence-corrected chi connectivity index (χ1v) is 12.3. The molecule has 2 aliphatic rings. The molecule has 8 nitrogen and oxygen atoms in total. The van der Waals surface area contributed by atoms with Crippen LogP contribution >= 0.6 is 0 Å². The molecule has 1 atom stereocenters. The van der Waals surface area contributed by atoms with Crippen LogP contribution in [0.25, 0.3) is 11.0 Å². The predicted molar refractivity (Wildman–Crippen MR) is 133 cm³/mol. The fourth-order valence-electron chi connectivity index (χ4n) is 4.81. The van der Waals surface area contributed by atoms with E-state index in [1.165, 1.54) is 18.4 Å². The number of benzene rings is 1. The Balaban J connectivity index is 1.28. The second kappa shape index (κ2) is 9.83. The van der Waals surface area contributed by atoms with Crippen molar-refractivity contribution >= 4 is 28.7 Å². The van der Waals surface area contributed by atoms with E-state index >= 15 is 0 Å². The summed E-state index contributed by atoms with van der Waals surface area (Å²) in [6.07, 6.45) is 5.61. The van der Waals surface area contributed by atoms with E-state index in [4.69, 9.17) is 15.5 Å². The molecule has 0 saturated carbocycles. The van der Waals surface area contributed by atoms with Crippen LogP contribution in [0.3, 0.4) is 0 Å². The van der Waals surface area contributed by atoms with E-state index in [1.54, 1.807) is 0 Å².